The summed E-state index contributed by atoms with van der Waals surface area (Å²) in [5.41, 5.74) is 0.650. The largest absolute Gasteiger partial charge is 0.481 e. The molecule has 0 radical (unpaired) electrons. The first-order valence-electron chi connectivity index (χ1n) is 7.20. The fourth-order valence-electron chi connectivity index (χ4n) is 2.85. The molecule has 110 valence electrons. The molecular formula is C15H22N2O3. The van der Waals surface area contributed by atoms with E-state index < -0.39 is 5.97 Å². The summed E-state index contributed by atoms with van der Waals surface area (Å²) in [4.78, 5) is 25.4. The Morgan fingerprint density at radius 2 is 2.15 bits per heavy atom. The van der Waals surface area contributed by atoms with E-state index in [-0.39, 0.29) is 24.4 Å². The molecule has 0 spiro atoms. The van der Waals surface area contributed by atoms with Crippen LogP contribution in [-0.2, 0) is 4.79 Å². The van der Waals surface area contributed by atoms with Gasteiger partial charge in [0.1, 0.15) is 5.69 Å². The molecule has 1 saturated heterocycles. The molecule has 1 atom stereocenters. The number of aromatic nitrogens is 1. The van der Waals surface area contributed by atoms with Crippen molar-refractivity contribution in [2.24, 2.45) is 0 Å². The zero-order chi connectivity index (χ0) is 14.7. The second kappa shape index (κ2) is 6.11. The maximum atomic E-state index is 12.7. The standard InChI is InChI=1S/C15H22N2O3/c1-11(2)16-9-5-7-13(16)15(20)17-8-4-3-6-12(17)10-14(18)19/h5,7,9,11-12H,3-4,6,8,10H2,1-2H3,(H,18,19). The molecule has 1 amide bonds. The van der Waals surface area contributed by atoms with Crippen LogP contribution in [0.1, 0.15) is 56.1 Å². The van der Waals surface area contributed by atoms with Gasteiger partial charge in [0.15, 0.2) is 0 Å². The van der Waals surface area contributed by atoms with Gasteiger partial charge in [-0.1, -0.05) is 0 Å². The Kier molecular flexibility index (Phi) is 4.47. The highest BCUT2D eigenvalue weighted by atomic mass is 16.4. The number of hydrogen-bond acceptors (Lipinski definition) is 2. The van der Waals surface area contributed by atoms with Crippen molar-refractivity contribution in [2.75, 3.05) is 6.54 Å². The minimum Gasteiger partial charge on any atom is -0.481 e. The third kappa shape index (κ3) is 3.03. The van der Waals surface area contributed by atoms with Crippen LogP contribution < -0.4 is 0 Å². The number of carboxylic acids is 1. The first-order valence-corrected chi connectivity index (χ1v) is 7.20. The van der Waals surface area contributed by atoms with E-state index in [1.807, 2.05) is 36.7 Å². The Balaban J connectivity index is 2.21. The van der Waals surface area contributed by atoms with Crippen molar-refractivity contribution in [1.82, 2.24) is 9.47 Å². The van der Waals surface area contributed by atoms with Crippen LogP contribution in [0.3, 0.4) is 0 Å². The third-order valence-electron chi connectivity index (χ3n) is 3.85. The molecule has 2 rings (SSSR count). The lowest BCUT2D eigenvalue weighted by atomic mass is 9.99. The highest BCUT2D eigenvalue weighted by molar-refractivity contribution is 5.93. The SMILES string of the molecule is CC(C)n1cccc1C(=O)N1CCCCC1CC(=O)O. The Morgan fingerprint density at radius 3 is 2.80 bits per heavy atom. The number of nitrogens with zero attached hydrogens (tertiary/aromatic N) is 2. The van der Waals surface area contributed by atoms with E-state index in [2.05, 4.69) is 0 Å². The van der Waals surface area contributed by atoms with Gasteiger partial charge in [-0.2, -0.15) is 0 Å². The normalized spacial score (nSPS) is 19.4. The summed E-state index contributed by atoms with van der Waals surface area (Å²) in [7, 11) is 0. The monoisotopic (exact) mass is 278 g/mol. The van der Waals surface area contributed by atoms with Gasteiger partial charge in [0, 0.05) is 24.8 Å². The molecule has 0 aliphatic carbocycles. The van der Waals surface area contributed by atoms with E-state index in [0.717, 1.165) is 19.3 Å². The Hall–Kier alpha value is -1.78. The van der Waals surface area contributed by atoms with Crippen LogP contribution in [0.5, 0.6) is 0 Å². The first-order chi connectivity index (χ1) is 9.50. The molecule has 1 aromatic rings. The van der Waals surface area contributed by atoms with E-state index in [0.29, 0.717) is 12.2 Å². The molecule has 1 aliphatic heterocycles. The van der Waals surface area contributed by atoms with Crippen LogP contribution in [0.25, 0.3) is 0 Å². The fourth-order valence-corrected chi connectivity index (χ4v) is 2.85. The van der Waals surface area contributed by atoms with Gasteiger partial charge in [0.2, 0.25) is 0 Å². The topological polar surface area (TPSA) is 62.5 Å². The number of aliphatic carboxylic acids is 1. The number of amides is 1. The zero-order valence-corrected chi connectivity index (χ0v) is 12.1. The van der Waals surface area contributed by atoms with Crippen LogP contribution in [0.2, 0.25) is 0 Å². The van der Waals surface area contributed by atoms with Crippen molar-refractivity contribution in [3.05, 3.63) is 24.0 Å². The highest BCUT2D eigenvalue weighted by Gasteiger charge is 2.30. The molecule has 1 fully saturated rings. The van der Waals surface area contributed by atoms with E-state index in [9.17, 15) is 9.59 Å². The van der Waals surface area contributed by atoms with Gasteiger partial charge in [0.25, 0.3) is 5.91 Å². The summed E-state index contributed by atoms with van der Waals surface area (Å²) in [6, 6.07) is 3.72. The summed E-state index contributed by atoms with van der Waals surface area (Å²) >= 11 is 0. The van der Waals surface area contributed by atoms with Crippen LogP contribution in [-0.4, -0.2) is 39.0 Å². The first kappa shape index (κ1) is 14.6. The molecule has 20 heavy (non-hydrogen) atoms. The van der Waals surface area contributed by atoms with Crippen molar-refractivity contribution < 1.29 is 14.7 Å². The Labute approximate surface area is 119 Å². The lowest BCUT2D eigenvalue weighted by molar-refractivity contribution is -0.138. The second-order valence-corrected chi connectivity index (χ2v) is 5.64. The van der Waals surface area contributed by atoms with Gasteiger partial charge >= 0.3 is 5.97 Å². The molecule has 5 heteroatoms. The van der Waals surface area contributed by atoms with Crippen molar-refractivity contribution in [1.29, 1.82) is 0 Å². The summed E-state index contributed by atoms with van der Waals surface area (Å²) in [5.74, 6) is -0.886. The second-order valence-electron chi connectivity index (χ2n) is 5.64. The average molecular weight is 278 g/mol. The zero-order valence-electron chi connectivity index (χ0n) is 12.1. The molecule has 0 bridgehead atoms. The quantitative estimate of drug-likeness (QED) is 0.920. The van der Waals surface area contributed by atoms with Crippen molar-refractivity contribution in [2.45, 2.75) is 51.6 Å². The molecule has 0 saturated carbocycles. The molecule has 0 aromatic carbocycles. The van der Waals surface area contributed by atoms with Crippen molar-refractivity contribution >= 4 is 11.9 Å². The van der Waals surface area contributed by atoms with E-state index in [1.54, 1.807) is 4.90 Å². The minimum absolute atomic E-state index is 0.0358. The van der Waals surface area contributed by atoms with Crippen LogP contribution in [0.4, 0.5) is 0 Å². The third-order valence-corrected chi connectivity index (χ3v) is 3.85. The summed E-state index contributed by atoms with van der Waals surface area (Å²) in [5, 5.41) is 9.00. The van der Waals surface area contributed by atoms with Crippen LogP contribution in [0, 0.1) is 0 Å². The Bertz CT molecular complexity index is 493. The molecule has 1 N–H and O–H groups in total. The molecule has 5 nitrogen and oxygen atoms in total. The number of likely N-dealkylation sites (tertiary alicyclic amines) is 1. The maximum absolute atomic E-state index is 12.7. The minimum atomic E-state index is -0.839. The lowest BCUT2D eigenvalue weighted by Gasteiger charge is -2.35. The van der Waals surface area contributed by atoms with E-state index >= 15 is 0 Å². The molecule has 2 heterocycles. The summed E-state index contributed by atoms with van der Waals surface area (Å²) in [6.45, 7) is 4.71. The number of carboxylic acid groups (broad SMARTS) is 1. The van der Waals surface area contributed by atoms with Gasteiger partial charge in [-0.05, 0) is 45.2 Å². The lowest BCUT2D eigenvalue weighted by Crippen LogP contribution is -2.45. The van der Waals surface area contributed by atoms with Crippen LogP contribution >= 0.6 is 0 Å². The molecular weight excluding hydrogens is 256 g/mol. The fraction of sp³-hybridized carbons (Fsp3) is 0.600. The van der Waals surface area contributed by atoms with Crippen LogP contribution in [0.15, 0.2) is 18.3 Å². The Morgan fingerprint density at radius 1 is 1.40 bits per heavy atom. The molecule has 1 unspecified atom stereocenters. The van der Waals surface area contributed by atoms with Gasteiger partial charge in [-0.25, -0.2) is 0 Å². The van der Waals surface area contributed by atoms with Gasteiger partial charge in [-0.3, -0.25) is 9.59 Å². The smallest absolute Gasteiger partial charge is 0.305 e. The van der Waals surface area contributed by atoms with Crippen molar-refractivity contribution in [3.8, 4) is 0 Å². The number of carbonyl (C=O) groups is 2. The predicted molar refractivity (Wildman–Crippen MR) is 75.7 cm³/mol. The molecule has 1 aliphatic rings. The predicted octanol–water partition coefficient (Wildman–Crippen LogP) is 2.54. The maximum Gasteiger partial charge on any atom is 0.305 e. The van der Waals surface area contributed by atoms with E-state index in [4.69, 9.17) is 5.11 Å². The van der Waals surface area contributed by atoms with Gasteiger partial charge in [0.05, 0.1) is 6.42 Å². The number of carbonyl (C=O) groups excluding carboxylic acids is 1. The number of hydrogen-bond donors (Lipinski definition) is 1. The number of piperidine rings is 1. The van der Waals surface area contributed by atoms with Gasteiger partial charge in [-0.15, -0.1) is 0 Å². The average Bonchev–Trinajstić information content (AvgIpc) is 2.87. The molecule has 1 aromatic heterocycles. The summed E-state index contributed by atoms with van der Waals surface area (Å²) in [6.07, 6.45) is 4.65. The summed E-state index contributed by atoms with van der Waals surface area (Å²) < 4.78 is 1.94. The highest BCUT2D eigenvalue weighted by Crippen LogP contribution is 2.23. The van der Waals surface area contributed by atoms with Gasteiger partial charge < -0.3 is 14.6 Å². The van der Waals surface area contributed by atoms with Crippen molar-refractivity contribution in [3.63, 3.8) is 0 Å². The number of rotatable bonds is 4. The van der Waals surface area contributed by atoms with E-state index in [1.165, 1.54) is 0 Å².